The molecular weight excluding hydrogens is 422 g/mol. The number of benzene rings is 2. The number of fused-ring (bicyclic) bond motifs is 1. The van der Waals surface area contributed by atoms with E-state index in [0.29, 0.717) is 24.5 Å². The molecule has 0 amide bonds. The van der Waals surface area contributed by atoms with Crippen molar-refractivity contribution in [3.63, 3.8) is 0 Å². The molecule has 0 bridgehead atoms. The van der Waals surface area contributed by atoms with Crippen LogP contribution in [0.5, 0.6) is 5.75 Å². The number of nitrogens with one attached hydrogen (secondary N) is 2. The van der Waals surface area contributed by atoms with E-state index in [2.05, 4.69) is 62.0 Å². The maximum atomic E-state index is 9.17. The van der Waals surface area contributed by atoms with Crippen LogP contribution in [-0.2, 0) is 0 Å². The Morgan fingerprint density at radius 3 is 2.53 bits per heavy atom. The highest BCUT2D eigenvalue weighted by molar-refractivity contribution is 5.93. The maximum Gasteiger partial charge on any atom is 0.149 e. The summed E-state index contributed by atoms with van der Waals surface area (Å²) in [7, 11) is 2.19. The molecule has 0 spiro atoms. The van der Waals surface area contributed by atoms with Crippen LogP contribution in [0.15, 0.2) is 48.7 Å². The Morgan fingerprint density at radius 1 is 1.06 bits per heavy atom. The molecule has 6 heteroatoms. The molecule has 2 aromatic carbocycles. The summed E-state index contributed by atoms with van der Waals surface area (Å²) in [6.45, 7) is 7.36. The van der Waals surface area contributed by atoms with Crippen LogP contribution >= 0.6 is 0 Å². The number of ether oxygens (including phenoxy) is 1. The van der Waals surface area contributed by atoms with Crippen LogP contribution in [0.2, 0.25) is 0 Å². The fraction of sp³-hybridized carbons (Fsp3) is 0.464. The molecule has 0 radical (unpaired) electrons. The molecule has 6 nitrogen and oxygen atoms in total. The Balaban J connectivity index is 1.69. The first kappa shape index (κ1) is 24.1. The molecular formula is C28H37N5O. The fourth-order valence-electron chi connectivity index (χ4n) is 4.96. The molecule has 4 rings (SSSR count). The summed E-state index contributed by atoms with van der Waals surface area (Å²) >= 11 is 0. The lowest BCUT2D eigenvalue weighted by atomic mass is 9.89. The summed E-state index contributed by atoms with van der Waals surface area (Å²) in [4.78, 5) is 6.92. The van der Waals surface area contributed by atoms with E-state index in [1.165, 1.54) is 0 Å². The Hall–Kier alpha value is -2.99. The lowest BCUT2D eigenvalue weighted by Gasteiger charge is -2.36. The first-order valence-electron chi connectivity index (χ1n) is 12.5. The normalized spacial score (nSPS) is 21.7. The van der Waals surface area contributed by atoms with Crippen molar-refractivity contribution in [1.82, 2.24) is 14.5 Å². The molecule has 1 unspecified atom stereocenters. The van der Waals surface area contributed by atoms with Crippen molar-refractivity contribution >= 4 is 16.9 Å². The highest BCUT2D eigenvalue weighted by atomic mass is 16.5. The van der Waals surface area contributed by atoms with Crippen molar-refractivity contribution in [2.75, 3.05) is 13.7 Å². The zero-order valence-corrected chi connectivity index (χ0v) is 20.8. The Kier molecular flexibility index (Phi) is 7.47. The molecule has 34 heavy (non-hydrogen) atoms. The van der Waals surface area contributed by atoms with Crippen molar-refractivity contribution in [2.45, 2.75) is 65.0 Å². The second kappa shape index (κ2) is 10.5. The summed E-state index contributed by atoms with van der Waals surface area (Å²) in [5.41, 5.74) is 4.00. The third-order valence-electron chi connectivity index (χ3n) is 7.26. The molecule has 0 saturated carbocycles. The predicted octanol–water partition coefficient (Wildman–Crippen LogP) is 5.70. The van der Waals surface area contributed by atoms with Gasteiger partial charge in [-0.2, -0.15) is 0 Å². The van der Waals surface area contributed by atoms with Crippen LogP contribution in [0.1, 0.15) is 52.9 Å². The van der Waals surface area contributed by atoms with Crippen molar-refractivity contribution in [3.8, 4) is 16.9 Å². The van der Waals surface area contributed by atoms with Gasteiger partial charge in [0.05, 0.1) is 23.8 Å². The summed E-state index contributed by atoms with van der Waals surface area (Å²) in [6.07, 6.45) is 6.69. The van der Waals surface area contributed by atoms with Gasteiger partial charge < -0.3 is 9.64 Å². The quantitative estimate of drug-likeness (QED) is 0.380. The average molecular weight is 460 g/mol. The highest BCUT2D eigenvalue weighted by Gasteiger charge is 2.27. The van der Waals surface area contributed by atoms with E-state index in [-0.39, 0.29) is 11.4 Å². The van der Waals surface area contributed by atoms with Crippen LogP contribution in [-0.4, -0.2) is 46.0 Å². The summed E-state index contributed by atoms with van der Waals surface area (Å²) in [6, 6.07) is 15.2. The van der Waals surface area contributed by atoms with Gasteiger partial charge in [0.1, 0.15) is 17.1 Å². The van der Waals surface area contributed by atoms with E-state index in [9.17, 15) is 0 Å². The first-order valence-corrected chi connectivity index (χ1v) is 12.5. The van der Waals surface area contributed by atoms with Gasteiger partial charge in [0, 0.05) is 18.0 Å². The van der Waals surface area contributed by atoms with Crippen molar-refractivity contribution in [1.29, 1.82) is 10.8 Å². The molecule has 1 aromatic heterocycles. The van der Waals surface area contributed by atoms with E-state index in [4.69, 9.17) is 15.6 Å². The van der Waals surface area contributed by atoms with E-state index >= 15 is 0 Å². The van der Waals surface area contributed by atoms with Gasteiger partial charge >= 0.3 is 0 Å². The third kappa shape index (κ3) is 5.07. The number of aromatic nitrogens is 2. The SMILES string of the molecule is CCCOc1ccc(-c2ccc3ncc(=N)n(C(=N)C4CCC[C@@H](C)N(C)[C@@H](C)C4)c3c2)cc1. The molecule has 1 aliphatic heterocycles. The van der Waals surface area contributed by atoms with Gasteiger partial charge in [0.2, 0.25) is 0 Å². The molecule has 1 saturated heterocycles. The number of rotatable bonds is 5. The van der Waals surface area contributed by atoms with Crippen LogP contribution < -0.4 is 10.2 Å². The topological polar surface area (TPSA) is 78.0 Å². The van der Waals surface area contributed by atoms with Crippen molar-refractivity contribution in [2.24, 2.45) is 5.92 Å². The van der Waals surface area contributed by atoms with E-state index in [1.807, 2.05) is 18.2 Å². The van der Waals surface area contributed by atoms with E-state index < -0.39 is 0 Å². The molecule has 3 aromatic rings. The minimum Gasteiger partial charge on any atom is -0.494 e. The molecule has 180 valence electrons. The van der Waals surface area contributed by atoms with E-state index in [1.54, 1.807) is 10.8 Å². The van der Waals surface area contributed by atoms with Gasteiger partial charge in [0.15, 0.2) is 0 Å². The second-order valence-electron chi connectivity index (χ2n) is 9.67. The first-order chi connectivity index (χ1) is 16.4. The summed E-state index contributed by atoms with van der Waals surface area (Å²) < 4.78 is 7.52. The lowest BCUT2D eigenvalue weighted by Crippen LogP contribution is -2.42. The monoisotopic (exact) mass is 459 g/mol. The summed E-state index contributed by atoms with van der Waals surface area (Å²) in [5.74, 6) is 1.49. The Labute approximate surface area is 202 Å². The zero-order valence-electron chi connectivity index (χ0n) is 20.8. The third-order valence-corrected chi connectivity index (χ3v) is 7.26. The van der Waals surface area contributed by atoms with Crippen LogP contribution in [0.3, 0.4) is 0 Å². The molecule has 2 heterocycles. The fourth-order valence-corrected chi connectivity index (χ4v) is 4.96. The molecule has 1 fully saturated rings. The minimum atomic E-state index is 0.114. The van der Waals surface area contributed by atoms with Gasteiger partial charge in [-0.15, -0.1) is 0 Å². The molecule has 2 N–H and O–H groups in total. The number of likely N-dealkylation sites (tertiary alicyclic amines) is 1. The van der Waals surface area contributed by atoms with Crippen molar-refractivity contribution in [3.05, 3.63) is 54.1 Å². The molecule has 0 aliphatic carbocycles. The minimum absolute atomic E-state index is 0.114. The van der Waals surface area contributed by atoms with Crippen molar-refractivity contribution < 1.29 is 4.74 Å². The van der Waals surface area contributed by atoms with Gasteiger partial charge in [-0.25, -0.2) is 0 Å². The second-order valence-corrected chi connectivity index (χ2v) is 9.67. The largest absolute Gasteiger partial charge is 0.494 e. The van der Waals surface area contributed by atoms with Gasteiger partial charge in [-0.05, 0) is 82.0 Å². The number of hydrogen-bond donors (Lipinski definition) is 2. The zero-order chi connectivity index (χ0) is 24.2. The standard InChI is InChI=1S/C28H37N5O/c1-5-15-34-24-12-9-21(10-13-24)22-11-14-25-26(17-22)33(27(29)18-31-25)28(30)23-8-6-7-19(2)32(4)20(3)16-23/h9-14,17-20,23,29-30H,5-8,15-16H2,1-4H3/t19-,20+,23?/m1/s1. The predicted molar refractivity (Wildman–Crippen MR) is 139 cm³/mol. The van der Waals surface area contributed by atoms with Crippen LogP contribution in [0.4, 0.5) is 0 Å². The molecule has 3 atom stereocenters. The number of nitrogens with zero attached hydrogens (tertiary/aromatic N) is 3. The average Bonchev–Trinajstić information content (AvgIpc) is 2.85. The lowest BCUT2D eigenvalue weighted by molar-refractivity contribution is 0.150. The Morgan fingerprint density at radius 2 is 1.79 bits per heavy atom. The van der Waals surface area contributed by atoms with Gasteiger partial charge in [0.25, 0.3) is 0 Å². The van der Waals surface area contributed by atoms with Gasteiger partial charge in [-0.3, -0.25) is 20.4 Å². The number of hydrogen-bond acceptors (Lipinski definition) is 5. The summed E-state index contributed by atoms with van der Waals surface area (Å²) in [5, 5.41) is 17.8. The smallest absolute Gasteiger partial charge is 0.149 e. The molecule has 1 aliphatic rings. The Bertz CT molecular complexity index is 1200. The van der Waals surface area contributed by atoms with Gasteiger partial charge in [-0.1, -0.05) is 31.5 Å². The maximum absolute atomic E-state index is 9.17. The highest BCUT2D eigenvalue weighted by Crippen LogP contribution is 2.28. The van der Waals surface area contributed by atoms with Crippen LogP contribution in [0, 0.1) is 16.7 Å². The van der Waals surface area contributed by atoms with Crippen LogP contribution in [0.25, 0.3) is 22.2 Å². The van der Waals surface area contributed by atoms with E-state index in [0.717, 1.165) is 60.0 Å².